The summed E-state index contributed by atoms with van der Waals surface area (Å²) in [5.74, 6) is -1.29. The fourth-order valence-electron chi connectivity index (χ4n) is 4.61. The lowest BCUT2D eigenvalue weighted by atomic mass is 9.62. The second-order valence-corrected chi connectivity index (χ2v) is 7.44. The van der Waals surface area contributed by atoms with Crippen molar-refractivity contribution in [3.05, 3.63) is 34.6 Å². The van der Waals surface area contributed by atoms with Crippen LogP contribution in [-0.2, 0) is 17.7 Å². The van der Waals surface area contributed by atoms with Crippen LogP contribution in [0.25, 0.3) is 0 Å². The normalized spacial score (nSPS) is 29.8. The Morgan fingerprint density at radius 3 is 2.96 bits per heavy atom. The molecule has 0 radical (unpaired) electrons. The molecule has 1 aromatic carbocycles. The van der Waals surface area contributed by atoms with Crippen LogP contribution in [0.5, 0.6) is 0 Å². The molecule has 6 heteroatoms. The number of rotatable bonds is 2. The predicted molar refractivity (Wildman–Crippen MR) is 85.3 cm³/mol. The van der Waals surface area contributed by atoms with Gasteiger partial charge in [-0.15, -0.1) is 0 Å². The SMILES string of the molecule is O=C(NO)c1ccc2c(c1F)CCN(C1CC3(CCCOC3)C1)C2. The minimum atomic E-state index is -0.795. The van der Waals surface area contributed by atoms with Gasteiger partial charge in [0.05, 0.1) is 12.2 Å². The summed E-state index contributed by atoms with van der Waals surface area (Å²) in [6, 6.07) is 3.83. The van der Waals surface area contributed by atoms with Crippen LogP contribution < -0.4 is 5.48 Å². The molecule has 2 heterocycles. The van der Waals surface area contributed by atoms with Crippen molar-refractivity contribution in [3.8, 4) is 0 Å². The molecule has 0 unspecified atom stereocenters. The summed E-state index contributed by atoms with van der Waals surface area (Å²) in [5.41, 5.74) is 3.37. The number of ether oxygens (including phenoxy) is 1. The van der Waals surface area contributed by atoms with E-state index < -0.39 is 11.7 Å². The summed E-state index contributed by atoms with van der Waals surface area (Å²) in [6.45, 7) is 3.33. The third-order valence-electron chi connectivity index (χ3n) is 5.97. The zero-order chi connectivity index (χ0) is 16.7. The first-order valence-corrected chi connectivity index (χ1v) is 8.68. The number of halogens is 1. The van der Waals surface area contributed by atoms with Crippen LogP contribution in [0.1, 0.15) is 47.2 Å². The molecule has 2 fully saturated rings. The summed E-state index contributed by atoms with van der Waals surface area (Å²) in [5, 5.41) is 8.71. The smallest absolute Gasteiger partial charge is 0.277 e. The van der Waals surface area contributed by atoms with Gasteiger partial charge in [0.25, 0.3) is 5.91 Å². The van der Waals surface area contributed by atoms with Gasteiger partial charge in [0, 0.05) is 25.7 Å². The monoisotopic (exact) mass is 334 g/mol. The minimum Gasteiger partial charge on any atom is -0.381 e. The summed E-state index contributed by atoms with van der Waals surface area (Å²) < 4.78 is 20.1. The average Bonchev–Trinajstić information content (AvgIpc) is 2.59. The number of hydrogen-bond donors (Lipinski definition) is 2. The molecule has 1 aromatic rings. The van der Waals surface area contributed by atoms with Crippen LogP contribution in [0.4, 0.5) is 4.39 Å². The van der Waals surface area contributed by atoms with E-state index in [2.05, 4.69) is 4.90 Å². The Kier molecular flexibility index (Phi) is 4.06. The molecule has 1 aliphatic carbocycles. The molecule has 1 saturated heterocycles. The Balaban J connectivity index is 1.45. The van der Waals surface area contributed by atoms with Crippen molar-refractivity contribution in [2.24, 2.45) is 5.41 Å². The zero-order valence-electron chi connectivity index (χ0n) is 13.7. The van der Waals surface area contributed by atoms with Gasteiger partial charge in [-0.1, -0.05) is 6.07 Å². The molecule has 1 spiro atoms. The number of carbonyl (C=O) groups is 1. The van der Waals surface area contributed by atoms with Crippen LogP contribution in [-0.4, -0.2) is 41.8 Å². The van der Waals surface area contributed by atoms with Crippen molar-refractivity contribution in [1.29, 1.82) is 0 Å². The summed E-state index contributed by atoms with van der Waals surface area (Å²) in [6.07, 6.45) is 5.39. The van der Waals surface area contributed by atoms with Crippen LogP contribution in [0, 0.1) is 11.2 Å². The summed E-state index contributed by atoms with van der Waals surface area (Å²) >= 11 is 0. The maximum atomic E-state index is 14.5. The van der Waals surface area contributed by atoms with E-state index in [-0.39, 0.29) is 5.56 Å². The first kappa shape index (κ1) is 16.0. The number of amides is 1. The fourth-order valence-corrected chi connectivity index (χ4v) is 4.61. The molecule has 3 aliphatic rings. The Hall–Kier alpha value is -1.50. The second kappa shape index (κ2) is 6.10. The van der Waals surface area contributed by atoms with E-state index in [0.717, 1.165) is 38.3 Å². The lowest BCUT2D eigenvalue weighted by molar-refractivity contribution is -0.0984. The highest BCUT2D eigenvalue weighted by atomic mass is 19.1. The molecule has 0 atom stereocenters. The average molecular weight is 334 g/mol. The van der Waals surface area contributed by atoms with Crippen LogP contribution >= 0.6 is 0 Å². The summed E-state index contributed by atoms with van der Waals surface area (Å²) in [4.78, 5) is 13.9. The first-order chi connectivity index (χ1) is 11.6. The molecule has 2 aliphatic heterocycles. The highest BCUT2D eigenvalue weighted by Crippen LogP contribution is 2.49. The van der Waals surface area contributed by atoms with Crippen LogP contribution in [0.2, 0.25) is 0 Å². The highest BCUT2D eigenvalue weighted by molar-refractivity contribution is 5.94. The van der Waals surface area contributed by atoms with E-state index in [1.807, 2.05) is 6.07 Å². The zero-order valence-corrected chi connectivity index (χ0v) is 13.7. The van der Waals surface area contributed by atoms with Gasteiger partial charge in [0.1, 0.15) is 5.82 Å². The molecule has 0 aromatic heterocycles. The number of hydroxylamine groups is 1. The number of benzene rings is 1. The Bertz CT molecular complexity index is 650. The fraction of sp³-hybridized carbons (Fsp3) is 0.611. The van der Waals surface area contributed by atoms with Crippen molar-refractivity contribution in [3.63, 3.8) is 0 Å². The lowest BCUT2D eigenvalue weighted by Gasteiger charge is -2.54. The van der Waals surface area contributed by atoms with Crippen LogP contribution in [0.3, 0.4) is 0 Å². The predicted octanol–water partition coefficient (Wildman–Crippen LogP) is 2.26. The first-order valence-electron chi connectivity index (χ1n) is 8.68. The maximum Gasteiger partial charge on any atom is 0.277 e. The van der Waals surface area contributed by atoms with Crippen molar-refractivity contribution in [2.75, 3.05) is 19.8 Å². The van der Waals surface area contributed by atoms with Gasteiger partial charge in [0.15, 0.2) is 0 Å². The number of carbonyl (C=O) groups excluding carboxylic acids is 1. The topological polar surface area (TPSA) is 61.8 Å². The molecule has 1 saturated carbocycles. The molecule has 4 rings (SSSR count). The van der Waals surface area contributed by atoms with E-state index in [0.29, 0.717) is 23.4 Å². The Labute approximate surface area is 140 Å². The van der Waals surface area contributed by atoms with Gasteiger partial charge < -0.3 is 4.74 Å². The van der Waals surface area contributed by atoms with Gasteiger partial charge in [-0.25, -0.2) is 9.87 Å². The maximum absolute atomic E-state index is 14.5. The van der Waals surface area contributed by atoms with E-state index in [1.54, 1.807) is 0 Å². The molecular weight excluding hydrogens is 311 g/mol. The van der Waals surface area contributed by atoms with Gasteiger partial charge in [0.2, 0.25) is 0 Å². The lowest BCUT2D eigenvalue weighted by Crippen LogP contribution is -2.55. The number of fused-ring (bicyclic) bond motifs is 1. The second-order valence-electron chi connectivity index (χ2n) is 7.44. The van der Waals surface area contributed by atoms with Crippen molar-refractivity contribution >= 4 is 5.91 Å². The van der Waals surface area contributed by atoms with Gasteiger partial charge in [-0.05, 0) is 54.7 Å². The third-order valence-corrected chi connectivity index (χ3v) is 5.97. The number of hydrogen-bond acceptors (Lipinski definition) is 4. The Morgan fingerprint density at radius 2 is 2.25 bits per heavy atom. The van der Waals surface area contributed by atoms with E-state index in [9.17, 15) is 9.18 Å². The quantitative estimate of drug-likeness (QED) is 0.643. The van der Waals surface area contributed by atoms with Crippen molar-refractivity contribution < 1.29 is 19.1 Å². The molecule has 5 nitrogen and oxygen atoms in total. The third kappa shape index (κ3) is 2.62. The molecule has 1 amide bonds. The van der Waals surface area contributed by atoms with E-state index in [1.165, 1.54) is 30.8 Å². The molecule has 24 heavy (non-hydrogen) atoms. The standard InChI is InChI=1S/C18H23FN2O3/c19-16-14-4-6-21(10-12(14)2-3-15(16)17(22)20-23)13-8-18(9-13)5-1-7-24-11-18/h2-3,13,23H,1,4-11H2,(H,20,22). The minimum absolute atomic E-state index is 0.0911. The largest absolute Gasteiger partial charge is 0.381 e. The van der Waals surface area contributed by atoms with Crippen molar-refractivity contribution in [2.45, 2.75) is 44.7 Å². The molecule has 0 bridgehead atoms. The van der Waals surface area contributed by atoms with Gasteiger partial charge in [-0.3, -0.25) is 14.9 Å². The van der Waals surface area contributed by atoms with Crippen LogP contribution in [0.15, 0.2) is 12.1 Å². The van der Waals surface area contributed by atoms with Crippen molar-refractivity contribution in [1.82, 2.24) is 10.4 Å². The van der Waals surface area contributed by atoms with E-state index >= 15 is 0 Å². The molecule has 2 N–H and O–H groups in total. The van der Waals surface area contributed by atoms with E-state index in [4.69, 9.17) is 9.94 Å². The molecule has 130 valence electrons. The molecular formula is C18H23FN2O3. The Morgan fingerprint density at radius 1 is 1.42 bits per heavy atom. The van der Waals surface area contributed by atoms with Gasteiger partial charge in [-0.2, -0.15) is 0 Å². The number of nitrogens with zero attached hydrogens (tertiary/aromatic N) is 1. The highest BCUT2D eigenvalue weighted by Gasteiger charge is 2.47. The number of nitrogens with one attached hydrogen (secondary N) is 1. The summed E-state index contributed by atoms with van der Waals surface area (Å²) in [7, 11) is 0. The van der Waals surface area contributed by atoms with Gasteiger partial charge >= 0.3 is 0 Å².